The second-order valence-electron chi connectivity index (χ2n) is 5.42. The van der Waals surface area contributed by atoms with Crippen molar-refractivity contribution in [3.05, 3.63) is 18.3 Å². The Morgan fingerprint density at radius 2 is 2.38 bits per heavy atom. The summed E-state index contributed by atoms with van der Waals surface area (Å²) in [5, 5.41) is 7.97. The van der Waals surface area contributed by atoms with Crippen molar-refractivity contribution in [2.45, 2.75) is 18.6 Å². The lowest BCUT2D eigenvalue weighted by atomic mass is 10.1. The molecule has 3 heterocycles. The largest absolute Gasteiger partial charge is 0.464 e. The molecular formula is C14H20N4O3. The van der Waals surface area contributed by atoms with Crippen LogP contribution in [0.2, 0.25) is 0 Å². The molecule has 0 aromatic carbocycles. The monoisotopic (exact) mass is 292 g/mol. The minimum absolute atomic E-state index is 0.0548. The molecule has 2 saturated heterocycles. The van der Waals surface area contributed by atoms with Crippen molar-refractivity contribution in [2.24, 2.45) is 0 Å². The molecule has 2 aliphatic heterocycles. The number of carbonyl (C=O) groups is 1. The van der Waals surface area contributed by atoms with Gasteiger partial charge in [0.2, 0.25) is 0 Å². The first-order valence-corrected chi connectivity index (χ1v) is 7.25. The molecule has 21 heavy (non-hydrogen) atoms. The van der Waals surface area contributed by atoms with E-state index < -0.39 is 0 Å². The average molecular weight is 292 g/mol. The van der Waals surface area contributed by atoms with Gasteiger partial charge in [-0.15, -0.1) is 5.10 Å². The first-order valence-electron chi connectivity index (χ1n) is 7.25. The van der Waals surface area contributed by atoms with E-state index in [1.165, 1.54) is 0 Å². The normalized spacial score (nSPS) is 26.6. The topological polar surface area (TPSA) is 67.8 Å². The number of ether oxygens (including phenoxy) is 2. The standard InChI is InChI=1S/C14H20N4O3/c1-17(13-3-2-5-15-16-13)9-11-10-18(6-8-20-11)12-4-7-21-14(12)19/h2-3,5,11-12H,4,6-10H2,1H3/t11-,12-/m0/s1. The molecule has 0 radical (unpaired) electrons. The van der Waals surface area contributed by atoms with Gasteiger partial charge in [-0.05, 0) is 12.1 Å². The maximum Gasteiger partial charge on any atom is 0.323 e. The first kappa shape index (κ1) is 14.2. The Bertz CT molecular complexity index is 484. The number of aromatic nitrogens is 2. The van der Waals surface area contributed by atoms with Gasteiger partial charge in [-0.1, -0.05) is 0 Å². The molecule has 0 saturated carbocycles. The summed E-state index contributed by atoms with van der Waals surface area (Å²) in [5.41, 5.74) is 0. The van der Waals surface area contributed by atoms with Crippen molar-refractivity contribution in [3.8, 4) is 0 Å². The zero-order chi connectivity index (χ0) is 14.7. The summed E-state index contributed by atoms with van der Waals surface area (Å²) in [6, 6.07) is 3.68. The van der Waals surface area contributed by atoms with Gasteiger partial charge in [0.15, 0.2) is 5.82 Å². The highest BCUT2D eigenvalue weighted by Crippen LogP contribution is 2.18. The van der Waals surface area contributed by atoms with Crippen LogP contribution in [0.25, 0.3) is 0 Å². The van der Waals surface area contributed by atoms with E-state index in [1.807, 2.05) is 24.1 Å². The fraction of sp³-hybridized carbons (Fsp3) is 0.643. The van der Waals surface area contributed by atoms with Crippen molar-refractivity contribution in [2.75, 3.05) is 44.8 Å². The highest BCUT2D eigenvalue weighted by Gasteiger charge is 2.35. The molecule has 7 nitrogen and oxygen atoms in total. The van der Waals surface area contributed by atoms with Crippen molar-refractivity contribution >= 4 is 11.8 Å². The molecule has 2 aliphatic rings. The van der Waals surface area contributed by atoms with Gasteiger partial charge in [0, 0.05) is 39.3 Å². The van der Waals surface area contributed by atoms with Gasteiger partial charge in [0.25, 0.3) is 0 Å². The number of likely N-dealkylation sites (N-methyl/N-ethyl adjacent to an activating group) is 1. The van der Waals surface area contributed by atoms with Crippen LogP contribution in [0.4, 0.5) is 5.82 Å². The number of hydrogen-bond acceptors (Lipinski definition) is 7. The van der Waals surface area contributed by atoms with Crippen molar-refractivity contribution in [1.29, 1.82) is 0 Å². The Morgan fingerprint density at radius 1 is 1.48 bits per heavy atom. The SMILES string of the molecule is CN(C[C@H]1CN([C@H]2CCOC2=O)CCO1)c1cccnn1. The molecule has 0 N–H and O–H groups in total. The van der Waals surface area contributed by atoms with Gasteiger partial charge in [0.1, 0.15) is 6.04 Å². The van der Waals surface area contributed by atoms with Crippen molar-refractivity contribution in [3.63, 3.8) is 0 Å². The predicted molar refractivity (Wildman–Crippen MR) is 76.0 cm³/mol. The quantitative estimate of drug-likeness (QED) is 0.720. The van der Waals surface area contributed by atoms with E-state index >= 15 is 0 Å². The number of esters is 1. The summed E-state index contributed by atoms with van der Waals surface area (Å²) in [7, 11) is 1.97. The third-order valence-corrected chi connectivity index (χ3v) is 3.95. The lowest BCUT2D eigenvalue weighted by Gasteiger charge is -2.36. The number of nitrogens with zero attached hydrogens (tertiary/aromatic N) is 4. The zero-order valence-electron chi connectivity index (χ0n) is 12.1. The summed E-state index contributed by atoms with van der Waals surface area (Å²) in [4.78, 5) is 15.9. The van der Waals surface area contributed by atoms with Crippen LogP contribution in [0.5, 0.6) is 0 Å². The van der Waals surface area contributed by atoms with Crippen LogP contribution in [-0.2, 0) is 14.3 Å². The number of cyclic esters (lactones) is 1. The van der Waals surface area contributed by atoms with Crippen LogP contribution in [0, 0.1) is 0 Å². The van der Waals surface area contributed by atoms with Crippen molar-refractivity contribution in [1.82, 2.24) is 15.1 Å². The summed E-state index contributed by atoms with van der Waals surface area (Å²) >= 11 is 0. The van der Waals surface area contributed by atoms with Crippen LogP contribution in [-0.4, -0.2) is 73.1 Å². The minimum atomic E-state index is -0.0991. The van der Waals surface area contributed by atoms with Gasteiger partial charge in [-0.25, -0.2) is 0 Å². The minimum Gasteiger partial charge on any atom is -0.464 e. The third-order valence-electron chi connectivity index (χ3n) is 3.95. The molecule has 2 fully saturated rings. The van der Waals surface area contributed by atoms with Crippen LogP contribution >= 0.6 is 0 Å². The molecule has 0 aliphatic carbocycles. The van der Waals surface area contributed by atoms with Crippen LogP contribution in [0.3, 0.4) is 0 Å². The molecule has 0 amide bonds. The Labute approximate surface area is 123 Å². The molecule has 3 rings (SSSR count). The average Bonchev–Trinajstić information content (AvgIpc) is 2.94. The summed E-state index contributed by atoms with van der Waals surface area (Å²) in [6.07, 6.45) is 2.49. The maximum atomic E-state index is 11.7. The molecule has 2 atom stereocenters. The lowest BCUT2D eigenvalue weighted by Crippen LogP contribution is -2.52. The highest BCUT2D eigenvalue weighted by atomic mass is 16.5. The van der Waals surface area contributed by atoms with Gasteiger partial charge >= 0.3 is 5.97 Å². The summed E-state index contributed by atoms with van der Waals surface area (Å²) < 4.78 is 10.9. The van der Waals surface area contributed by atoms with Crippen LogP contribution in [0.15, 0.2) is 18.3 Å². The number of carbonyl (C=O) groups excluding carboxylic acids is 1. The second kappa shape index (κ2) is 6.36. The number of hydrogen-bond donors (Lipinski definition) is 0. The Hall–Kier alpha value is -1.73. The zero-order valence-corrected chi connectivity index (χ0v) is 12.1. The molecule has 7 heteroatoms. The number of rotatable bonds is 4. The van der Waals surface area contributed by atoms with Crippen LogP contribution < -0.4 is 4.90 Å². The fourth-order valence-corrected chi connectivity index (χ4v) is 2.85. The first-order chi connectivity index (χ1) is 10.2. The van der Waals surface area contributed by atoms with Gasteiger partial charge < -0.3 is 14.4 Å². The number of anilines is 1. The van der Waals surface area contributed by atoms with E-state index in [2.05, 4.69) is 15.1 Å². The lowest BCUT2D eigenvalue weighted by molar-refractivity contribution is -0.144. The Balaban J connectivity index is 1.57. The van der Waals surface area contributed by atoms with E-state index in [1.54, 1.807) is 6.20 Å². The summed E-state index contributed by atoms with van der Waals surface area (Å²) in [5.74, 6) is 0.719. The number of morpholine rings is 1. The third kappa shape index (κ3) is 3.30. The molecule has 0 unspecified atom stereocenters. The molecule has 0 spiro atoms. The van der Waals surface area contributed by atoms with E-state index in [4.69, 9.17) is 9.47 Å². The van der Waals surface area contributed by atoms with Gasteiger partial charge in [0.05, 0.1) is 19.3 Å². The molecule has 1 aromatic rings. The Kier molecular flexibility index (Phi) is 4.31. The predicted octanol–water partition coefficient (Wildman–Crippen LogP) is -0.0709. The highest BCUT2D eigenvalue weighted by molar-refractivity contribution is 5.77. The van der Waals surface area contributed by atoms with E-state index in [9.17, 15) is 4.79 Å². The smallest absolute Gasteiger partial charge is 0.323 e. The molecular weight excluding hydrogens is 272 g/mol. The molecule has 0 bridgehead atoms. The van der Waals surface area contributed by atoms with E-state index in [0.717, 1.165) is 31.9 Å². The fourth-order valence-electron chi connectivity index (χ4n) is 2.85. The van der Waals surface area contributed by atoms with Gasteiger partial charge in [-0.2, -0.15) is 5.10 Å². The van der Waals surface area contributed by atoms with Crippen LogP contribution in [0.1, 0.15) is 6.42 Å². The van der Waals surface area contributed by atoms with Crippen molar-refractivity contribution < 1.29 is 14.3 Å². The molecule has 1 aromatic heterocycles. The Morgan fingerprint density at radius 3 is 3.10 bits per heavy atom. The second-order valence-corrected chi connectivity index (χ2v) is 5.42. The van der Waals surface area contributed by atoms with E-state index in [-0.39, 0.29) is 18.1 Å². The molecule has 114 valence electrons. The maximum absolute atomic E-state index is 11.7. The van der Waals surface area contributed by atoms with Gasteiger partial charge in [-0.3, -0.25) is 9.69 Å². The van der Waals surface area contributed by atoms with E-state index in [0.29, 0.717) is 13.2 Å². The summed E-state index contributed by atoms with van der Waals surface area (Å²) in [6.45, 7) is 3.42.